The Morgan fingerprint density at radius 2 is 1.93 bits per heavy atom. The normalized spacial score (nSPS) is 18.2. The van der Waals surface area contributed by atoms with Crippen molar-refractivity contribution in [3.05, 3.63) is 72.1 Å². The van der Waals surface area contributed by atoms with E-state index in [0.717, 1.165) is 0 Å². The van der Waals surface area contributed by atoms with Gasteiger partial charge < -0.3 is 13.7 Å². The minimum absolute atomic E-state index is 0.0542. The molecule has 8 heteroatoms. The number of sulfone groups is 1. The molecule has 0 N–H and O–H groups in total. The molecule has 0 saturated carbocycles. The summed E-state index contributed by atoms with van der Waals surface area (Å²) in [5, 5.41) is 0. The minimum Gasteiger partial charge on any atom is -0.459 e. The molecule has 1 saturated heterocycles. The van der Waals surface area contributed by atoms with Crippen LogP contribution in [0.5, 0.6) is 0 Å². The Morgan fingerprint density at radius 1 is 1.14 bits per heavy atom. The van der Waals surface area contributed by atoms with Crippen molar-refractivity contribution in [2.24, 2.45) is 0 Å². The third-order valence-electron chi connectivity index (χ3n) is 4.76. The van der Waals surface area contributed by atoms with Gasteiger partial charge in [-0.25, -0.2) is 12.8 Å². The number of benzene rings is 1. The highest BCUT2D eigenvalue weighted by atomic mass is 32.2. The Balaban J connectivity index is 1.59. The second-order valence-corrected chi connectivity index (χ2v) is 8.97. The van der Waals surface area contributed by atoms with Crippen LogP contribution in [0.2, 0.25) is 0 Å². The Morgan fingerprint density at radius 3 is 2.57 bits per heavy atom. The van der Waals surface area contributed by atoms with Crippen LogP contribution in [0.15, 0.2) is 63.6 Å². The maximum Gasteiger partial charge on any atom is 0.290 e. The van der Waals surface area contributed by atoms with Crippen molar-refractivity contribution in [1.29, 1.82) is 0 Å². The van der Waals surface area contributed by atoms with Gasteiger partial charge in [0.25, 0.3) is 5.91 Å². The molecular formula is C20H18FNO5S. The summed E-state index contributed by atoms with van der Waals surface area (Å²) in [5.41, 5.74) is 0.708. The van der Waals surface area contributed by atoms with E-state index in [-0.39, 0.29) is 35.5 Å². The van der Waals surface area contributed by atoms with E-state index >= 15 is 0 Å². The molecule has 6 nitrogen and oxygen atoms in total. The van der Waals surface area contributed by atoms with Gasteiger partial charge in [-0.2, -0.15) is 0 Å². The van der Waals surface area contributed by atoms with Crippen LogP contribution < -0.4 is 0 Å². The lowest BCUT2D eigenvalue weighted by atomic mass is 10.2. The lowest BCUT2D eigenvalue weighted by Gasteiger charge is -2.26. The fourth-order valence-electron chi connectivity index (χ4n) is 3.33. The lowest BCUT2D eigenvalue weighted by molar-refractivity contribution is 0.0634. The van der Waals surface area contributed by atoms with E-state index in [1.807, 2.05) is 0 Å². The first-order valence-electron chi connectivity index (χ1n) is 8.81. The number of nitrogens with zero attached hydrogens (tertiary/aromatic N) is 1. The van der Waals surface area contributed by atoms with E-state index in [9.17, 15) is 17.6 Å². The van der Waals surface area contributed by atoms with Gasteiger partial charge in [0, 0.05) is 11.6 Å². The molecule has 0 radical (unpaired) electrons. The van der Waals surface area contributed by atoms with Gasteiger partial charge in [0.2, 0.25) is 0 Å². The van der Waals surface area contributed by atoms with E-state index in [1.165, 1.54) is 23.3 Å². The predicted molar refractivity (Wildman–Crippen MR) is 99.7 cm³/mol. The Labute approximate surface area is 161 Å². The second-order valence-electron chi connectivity index (χ2n) is 6.74. The van der Waals surface area contributed by atoms with Crippen molar-refractivity contribution in [2.75, 3.05) is 11.5 Å². The average Bonchev–Trinajstić information content (AvgIpc) is 3.41. The number of hydrogen-bond donors (Lipinski definition) is 0. The molecule has 0 unspecified atom stereocenters. The number of carbonyl (C=O) groups excluding carboxylic acids is 1. The SMILES string of the molecule is O=C(c1ccco1)N(Cc1ccc(-c2ccc(F)cc2)o1)[C@@H]1CCS(=O)(=O)C1. The van der Waals surface area contributed by atoms with E-state index in [4.69, 9.17) is 8.83 Å². The molecule has 3 aromatic rings. The molecule has 28 heavy (non-hydrogen) atoms. The molecule has 0 spiro atoms. The van der Waals surface area contributed by atoms with Gasteiger partial charge in [0.15, 0.2) is 15.6 Å². The zero-order valence-corrected chi connectivity index (χ0v) is 15.7. The third-order valence-corrected chi connectivity index (χ3v) is 6.51. The number of amides is 1. The summed E-state index contributed by atoms with van der Waals surface area (Å²) in [7, 11) is -3.17. The van der Waals surface area contributed by atoms with E-state index in [0.29, 0.717) is 23.5 Å². The first-order valence-corrected chi connectivity index (χ1v) is 10.6. The number of carbonyl (C=O) groups is 1. The van der Waals surface area contributed by atoms with Gasteiger partial charge in [0.1, 0.15) is 17.3 Å². The zero-order chi connectivity index (χ0) is 19.7. The topological polar surface area (TPSA) is 80.7 Å². The quantitative estimate of drug-likeness (QED) is 0.651. The molecule has 1 aromatic carbocycles. The van der Waals surface area contributed by atoms with Crippen molar-refractivity contribution in [1.82, 2.24) is 4.90 Å². The van der Waals surface area contributed by atoms with Crippen molar-refractivity contribution >= 4 is 15.7 Å². The third kappa shape index (κ3) is 3.87. The first-order chi connectivity index (χ1) is 13.4. The summed E-state index contributed by atoms with van der Waals surface area (Å²) in [4.78, 5) is 14.4. The fourth-order valence-corrected chi connectivity index (χ4v) is 5.06. The molecule has 1 atom stereocenters. The fraction of sp³-hybridized carbons (Fsp3) is 0.250. The molecule has 2 aromatic heterocycles. The van der Waals surface area contributed by atoms with Gasteiger partial charge in [-0.05, 0) is 55.0 Å². The molecule has 1 amide bonds. The maximum atomic E-state index is 13.1. The summed E-state index contributed by atoms with van der Waals surface area (Å²) < 4.78 is 47.9. The number of halogens is 1. The average molecular weight is 403 g/mol. The molecule has 1 aliphatic rings. The molecule has 3 heterocycles. The van der Waals surface area contributed by atoms with Gasteiger partial charge in [-0.1, -0.05) is 0 Å². The van der Waals surface area contributed by atoms with Crippen LogP contribution in [0.25, 0.3) is 11.3 Å². The molecule has 1 aliphatic heterocycles. The summed E-state index contributed by atoms with van der Waals surface area (Å²) in [5.74, 6) is 0.446. The zero-order valence-electron chi connectivity index (χ0n) is 14.9. The monoisotopic (exact) mass is 403 g/mol. The Bertz CT molecular complexity index is 1070. The highest BCUT2D eigenvalue weighted by Gasteiger charge is 2.36. The van der Waals surface area contributed by atoms with Crippen LogP contribution in [0.4, 0.5) is 4.39 Å². The van der Waals surface area contributed by atoms with Gasteiger partial charge in [0.05, 0.1) is 24.3 Å². The molecule has 1 fully saturated rings. The van der Waals surface area contributed by atoms with Crippen molar-refractivity contribution in [3.8, 4) is 11.3 Å². The Kier molecular flexibility index (Phi) is 4.80. The Hall–Kier alpha value is -2.87. The van der Waals surface area contributed by atoms with Crippen LogP contribution in [0.1, 0.15) is 22.7 Å². The highest BCUT2D eigenvalue weighted by molar-refractivity contribution is 7.91. The van der Waals surface area contributed by atoms with Crippen molar-refractivity contribution < 1.29 is 26.4 Å². The summed E-state index contributed by atoms with van der Waals surface area (Å²) in [6, 6.07) is 12.1. The highest BCUT2D eigenvalue weighted by Crippen LogP contribution is 2.26. The summed E-state index contributed by atoms with van der Waals surface area (Å²) in [6.07, 6.45) is 1.77. The summed E-state index contributed by atoms with van der Waals surface area (Å²) in [6.45, 7) is 0.112. The molecule has 0 aliphatic carbocycles. The van der Waals surface area contributed by atoms with Crippen LogP contribution in [-0.4, -0.2) is 36.8 Å². The number of furan rings is 2. The van der Waals surface area contributed by atoms with Crippen LogP contribution in [-0.2, 0) is 16.4 Å². The largest absolute Gasteiger partial charge is 0.459 e. The molecule has 4 rings (SSSR count). The first kappa shape index (κ1) is 18.5. The van der Waals surface area contributed by atoms with Crippen LogP contribution >= 0.6 is 0 Å². The molecule has 0 bridgehead atoms. The molecule has 146 valence electrons. The van der Waals surface area contributed by atoms with Gasteiger partial charge >= 0.3 is 0 Å². The standard InChI is InChI=1S/C20H18FNO5S/c21-15-5-3-14(4-6-15)18-8-7-17(27-18)12-22(16-9-11-28(24,25)13-16)20(23)19-2-1-10-26-19/h1-8,10,16H,9,11-13H2/t16-/m1/s1. The maximum absolute atomic E-state index is 13.1. The van der Waals surface area contributed by atoms with Gasteiger partial charge in [-0.3, -0.25) is 4.79 Å². The summed E-state index contributed by atoms with van der Waals surface area (Å²) >= 11 is 0. The smallest absolute Gasteiger partial charge is 0.290 e. The van der Waals surface area contributed by atoms with Crippen molar-refractivity contribution in [2.45, 2.75) is 19.0 Å². The van der Waals surface area contributed by atoms with Crippen molar-refractivity contribution in [3.63, 3.8) is 0 Å². The molecular weight excluding hydrogens is 385 g/mol. The second kappa shape index (κ2) is 7.27. The predicted octanol–water partition coefficient (Wildman–Crippen LogP) is 3.51. The van der Waals surface area contributed by atoms with E-state index in [2.05, 4.69) is 0 Å². The van der Waals surface area contributed by atoms with Crippen LogP contribution in [0.3, 0.4) is 0 Å². The van der Waals surface area contributed by atoms with E-state index in [1.54, 1.807) is 36.4 Å². The number of rotatable bonds is 5. The van der Waals surface area contributed by atoms with Gasteiger partial charge in [-0.15, -0.1) is 0 Å². The number of hydrogen-bond acceptors (Lipinski definition) is 5. The van der Waals surface area contributed by atoms with E-state index < -0.39 is 15.9 Å². The minimum atomic E-state index is -3.17. The van der Waals surface area contributed by atoms with Crippen LogP contribution in [0, 0.1) is 5.82 Å². The lowest BCUT2D eigenvalue weighted by Crippen LogP contribution is -2.40.